The van der Waals surface area contributed by atoms with E-state index in [2.05, 4.69) is 5.32 Å². The zero-order valence-corrected chi connectivity index (χ0v) is 7.21. The molecule has 1 rings (SSSR count). The largest absolute Gasteiger partial charge is 0.465 e. The Morgan fingerprint density at radius 3 is 2.69 bits per heavy atom. The summed E-state index contributed by atoms with van der Waals surface area (Å²) >= 11 is 5.62. The van der Waals surface area contributed by atoms with Gasteiger partial charge in [-0.05, 0) is 18.2 Å². The molecule has 1 aromatic rings. The SMILES string of the molecule is O=Cc1cc(Cl)cc(NC(=O)O)c1. The van der Waals surface area contributed by atoms with Gasteiger partial charge in [-0.3, -0.25) is 10.1 Å². The van der Waals surface area contributed by atoms with Crippen LogP contribution in [0.2, 0.25) is 5.02 Å². The van der Waals surface area contributed by atoms with Crippen LogP contribution >= 0.6 is 11.6 Å². The van der Waals surface area contributed by atoms with Crippen molar-refractivity contribution in [1.29, 1.82) is 0 Å². The number of carboxylic acid groups (broad SMARTS) is 1. The number of anilines is 1. The molecule has 0 fully saturated rings. The number of nitrogens with one attached hydrogen (secondary N) is 1. The Bertz CT molecular complexity index is 351. The van der Waals surface area contributed by atoms with Gasteiger partial charge in [-0.25, -0.2) is 4.79 Å². The topological polar surface area (TPSA) is 66.4 Å². The fraction of sp³-hybridized carbons (Fsp3) is 0. The number of aldehydes is 1. The van der Waals surface area contributed by atoms with Crippen LogP contribution in [0.15, 0.2) is 18.2 Å². The highest BCUT2D eigenvalue weighted by Gasteiger charge is 2.01. The standard InChI is InChI=1S/C8H6ClNO3/c9-6-1-5(4-11)2-7(3-6)10-8(12)13/h1-4,10H,(H,12,13). The van der Waals surface area contributed by atoms with Crippen LogP contribution in [0.1, 0.15) is 10.4 Å². The first-order valence-electron chi connectivity index (χ1n) is 3.37. The van der Waals surface area contributed by atoms with Gasteiger partial charge in [-0.1, -0.05) is 11.6 Å². The molecule has 0 aliphatic heterocycles. The molecule has 2 N–H and O–H groups in total. The lowest BCUT2D eigenvalue weighted by molar-refractivity contribution is 0.112. The monoisotopic (exact) mass is 199 g/mol. The predicted octanol–water partition coefficient (Wildman–Crippen LogP) is 2.24. The summed E-state index contributed by atoms with van der Waals surface area (Å²) in [6, 6.07) is 4.26. The molecule has 0 bridgehead atoms. The molecule has 0 aliphatic rings. The third-order valence-corrected chi connectivity index (χ3v) is 1.53. The third kappa shape index (κ3) is 2.76. The minimum absolute atomic E-state index is 0.280. The van der Waals surface area contributed by atoms with Crippen molar-refractivity contribution in [2.24, 2.45) is 0 Å². The lowest BCUT2D eigenvalue weighted by atomic mass is 10.2. The van der Waals surface area contributed by atoms with Crippen LogP contribution in [0.4, 0.5) is 10.5 Å². The van der Waals surface area contributed by atoms with E-state index in [4.69, 9.17) is 16.7 Å². The first kappa shape index (κ1) is 9.54. The number of amides is 1. The molecule has 68 valence electrons. The van der Waals surface area contributed by atoms with E-state index in [1.54, 1.807) is 0 Å². The van der Waals surface area contributed by atoms with Crippen LogP contribution in [-0.2, 0) is 0 Å². The Labute approximate surface area is 79.1 Å². The number of hydrogen-bond acceptors (Lipinski definition) is 2. The van der Waals surface area contributed by atoms with E-state index in [9.17, 15) is 9.59 Å². The Balaban J connectivity index is 3.01. The number of carbonyl (C=O) groups is 2. The zero-order chi connectivity index (χ0) is 9.84. The lowest BCUT2D eigenvalue weighted by Crippen LogP contribution is -2.07. The molecule has 1 amide bonds. The van der Waals surface area contributed by atoms with Gasteiger partial charge in [-0.2, -0.15) is 0 Å². The Kier molecular flexibility index (Phi) is 2.87. The highest BCUT2D eigenvalue weighted by molar-refractivity contribution is 6.31. The number of carbonyl (C=O) groups excluding carboxylic acids is 1. The smallest absolute Gasteiger partial charge is 0.409 e. The normalized spacial score (nSPS) is 9.31. The van der Waals surface area contributed by atoms with Crippen LogP contribution < -0.4 is 5.32 Å². The molecule has 0 saturated heterocycles. The van der Waals surface area contributed by atoms with Gasteiger partial charge >= 0.3 is 6.09 Å². The summed E-state index contributed by atoms with van der Waals surface area (Å²) in [6.45, 7) is 0. The molecule has 0 aliphatic carbocycles. The Hall–Kier alpha value is -1.55. The second kappa shape index (κ2) is 3.91. The van der Waals surface area contributed by atoms with Crippen molar-refractivity contribution in [2.75, 3.05) is 5.32 Å². The molecule has 0 aromatic heterocycles. The Morgan fingerprint density at radius 1 is 1.46 bits per heavy atom. The zero-order valence-electron chi connectivity index (χ0n) is 6.45. The molecular formula is C8H6ClNO3. The van der Waals surface area contributed by atoms with Gasteiger partial charge in [0.2, 0.25) is 0 Å². The molecule has 0 saturated carbocycles. The van der Waals surface area contributed by atoms with Crippen LogP contribution in [-0.4, -0.2) is 17.5 Å². The van der Waals surface area contributed by atoms with E-state index in [0.29, 0.717) is 16.9 Å². The quantitative estimate of drug-likeness (QED) is 0.718. The van der Waals surface area contributed by atoms with Crippen molar-refractivity contribution in [2.45, 2.75) is 0 Å². The van der Waals surface area contributed by atoms with Gasteiger partial charge in [0.05, 0.1) is 0 Å². The average Bonchev–Trinajstić information content (AvgIpc) is 2.01. The summed E-state index contributed by atoms with van der Waals surface area (Å²) in [4.78, 5) is 20.6. The fourth-order valence-electron chi connectivity index (χ4n) is 0.876. The van der Waals surface area contributed by atoms with E-state index in [1.807, 2.05) is 0 Å². The summed E-state index contributed by atoms with van der Waals surface area (Å²) in [7, 11) is 0. The number of hydrogen-bond donors (Lipinski definition) is 2. The average molecular weight is 200 g/mol. The molecule has 1 aromatic carbocycles. The molecule has 0 spiro atoms. The highest BCUT2D eigenvalue weighted by Crippen LogP contribution is 2.17. The summed E-state index contributed by atoms with van der Waals surface area (Å²) in [6.07, 6.45) is -0.599. The fourth-order valence-corrected chi connectivity index (χ4v) is 1.12. The second-order valence-corrected chi connectivity index (χ2v) is 2.76. The molecule has 0 unspecified atom stereocenters. The first-order valence-corrected chi connectivity index (χ1v) is 3.75. The second-order valence-electron chi connectivity index (χ2n) is 2.32. The number of halogens is 1. The molecule has 0 radical (unpaired) electrons. The van der Waals surface area contributed by atoms with Crippen LogP contribution in [0.5, 0.6) is 0 Å². The minimum atomic E-state index is -1.20. The van der Waals surface area contributed by atoms with Crippen LogP contribution in [0.3, 0.4) is 0 Å². The maximum Gasteiger partial charge on any atom is 0.409 e. The van der Waals surface area contributed by atoms with Crippen molar-refractivity contribution in [1.82, 2.24) is 0 Å². The maximum atomic E-state index is 10.4. The highest BCUT2D eigenvalue weighted by atomic mass is 35.5. The van der Waals surface area contributed by atoms with Crippen molar-refractivity contribution in [3.63, 3.8) is 0 Å². The van der Waals surface area contributed by atoms with Gasteiger partial charge in [0.15, 0.2) is 0 Å². The van der Waals surface area contributed by atoms with Gasteiger partial charge in [-0.15, -0.1) is 0 Å². The van der Waals surface area contributed by atoms with Crippen molar-refractivity contribution in [3.8, 4) is 0 Å². The first-order chi connectivity index (χ1) is 6.11. The van der Waals surface area contributed by atoms with E-state index in [0.717, 1.165) is 0 Å². The number of rotatable bonds is 2. The van der Waals surface area contributed by atoms with Crippen molar-refractivity contribution >= 4 is 29.7 Å². The third-order valence-electron chi connectivity index (χ3n) is 1.31. The van der Waals surface area contributed by atoms with Gasteiger partial charge < -0.3 is 5.11 Å². The van der Waals surface area contributed by atoms with Gasteiger partial charge in [0.25, 0.3) is 0 Å². The Morgan fingerprint density at radius 2 is 2.15 bits per heavy atom. The van der Waals surface area contributed by atoms with E-state index < -0.39 is 6.09 Å². The molecular weight excluding hydrogens is 194 g/mol. The van der Waals surface area contributed by atoms with Gasteiger partial charge in [0, 0.05) is 16.3 Å². The molecule has 0 heterocycles. The van der Waals surface area contributed by atoms with Crippen molar-refractivity contribution < 1.29 is 14.7 Å². The summed E-state index contributed by atoms with van der Waals surface area (Å²) < 4.78 is 0. The van der Waals surface area contributed by atoms with Crippen LogP contribution in [0, 0.1) is 0 Å². The van der Waals surface area contributed by atoms with Gasteiger partial charge in [0.1, 0.15) is 6.29 Å². The van der Waals surface area contributed by atoms with E-state index >= 15 is 0 Å². The van der Waals surface area contributed by atoms with E-state index in [-0.39, 0.29) is 5.69 Å². The summed E-state index contributed by atoms with van der Waals surface area (Å²) in [5.41, 5.74) is 0.610. The van der Waals surface area contributed by atoms with Crippen LogP contribution in [0.25, 0.3) is 0 Å². The summed E-state index contributed by atoms with van der Waals surface area (Å²) in [5, 5.41) is 10.8. The molecule has 5 heteroatoms. The molecule has 13 heavy (non-hydrogen) atoms. The predicted molar refractivity (Wildman–Crippen MR) is 48.5 cm³/mol. The van der Waals surface area contributed by atoms with E-state index in [1.165, 1.54) is 18.2 Å². The maximum absolute atomic E-state index is 10.4. The van der Waals surface area contributed by atoms with Crippen molar-refractivity contribution in [3.05, 3.63) is 28.8 Å². The minimum Gasteiger partial charge on any atom is -0.465 e. The lowest BCUT2D eigenvalue weighted by Gasteiger charge is -2.01. The molecule has 4 nitrogen and oxygen atoms in total. The number of benzene rings is 1. The summed E-state index contributed by atoms with van der Waals surface area (Å²) in [5.74, 6) is 0. The molecule has 0 atom stereocenters.